The highest BCUT2D eigenvalue weighted by Crippen LogP contribution is 2.38. The first kappa shape index (κ1) is 20.5. The van der Waals surface area contributed by atoms with Gasteiger partial charge >= 0.3 is 5.97 Å². The van der Waals surface area contributed by atoms with Gasteiger partial charge < -0.3 is 15.2 Å². The number of esters is 1. The van der Waals surface area contributed by atoms with Crippen LogP contribution in [0, 0.1) is 6.92 Å². The molecular weight excluding hydrogens is 402 g/mol. The molecule has 3 N–H and O–H groups in total. The van der Waals surface area contributed by atoms with Crippen molar-refractivity contribution in [2.75, 3.05) is 19.0 Å². The fourth-order valence-electron chi connectivity index (χ4n) is 1.96. The second kappa shape index (κ2) is 8.22. The van der Waals surface area contributed by atoms with Crippen LogP contribution in [0.2, 0.25) is 0 Å². The third kappa shape index (κ3) is 4.65. The third-order valence-electron chi connectivity index (χ3n) is 3.12. The number of anilines is 1. The Morgan fingerprint density at radius 3 is 2.62 bits per heavy atom. The summed E-state index contributed by atoms with van der Waals surface area (Å²) < 4.78 is 31.4. The Bertz CT molecular complexity index is 918. The lowest BCUT2D eigenvalue weighted by Gasteiger charge is -2.13. The van der Waals surface area contributed by atoms with Crippen LogP contribution in [-0.2, 0) is 24.3 Å². The Labute approximate surface area is 158 Å². The summed E-state index contributed by atoms with van der Waals surface area (Å²) in [4.78, 5) is 28.2. The van der Waals surface area contributed by atoms with Crippen LogP contribution in [0.1, 0.15) is 12.6 Å². The summed E-state index contributed by atoms with van der Waals surface area (Å²) in [5.74, 6) is -1.13. The molecule has 12 heteroatoms. The molecule has 0 aliphatic heterocycles. The summed E-state index contributed by atoms with van der Waals surface area (Å²) in [6, 6.07) is 1.63. The van der Waals surface area contributed by atoms with Crippen molar-refractivity contribution in [3.05, 3.63) is 17.8 Å². The molecule has 0 aromatic carbocycles. The number of sulfonamides is 1. The van der Waals surface area contributed by atoms with Gasteiger partial charge in [0.2, 0.25) is 5.91 Å². The van der Waals surface area contributed by atoms with Crippen molar-refractivity contribution < 1.29 is 27.9 Å². The van der Waals surface area contributed by atoms with Gasteiger partial charge in [0.25, 0.3) is 10.0 Å². The number of thiophene rings is 1. The SMILES string of the molecule is COC(=O)[C@H](CO)NS(=O)(=O)c1ccc(-c2sc(NC(C)=O)nc2C)s1. The number of carbonyl (C=O) groups is 2. The average Bonchev–Trinajstić information content (AvgIpc) is 3.18. The summed E-state index contributed by atoms with van der Waals surface area (Å²) >= 11 is 2.21. The molecule has 142 valence electrons. The first-order valence-corrected chi connectivity index (χ1v) is 10.4. The highest BCUT2D eigenvalue weighted by atomic mass is 32.2. The molecule has 0 saturated carbocycles. The molecule has 0 unspecified atom stereocenters. The average molecular weight is 420 g/mol. The maximum atomic E-state index is 12.4. The topological polar surface area (TPSA) is 135 Å². The van der Waals surface area contributed by atoms with Crippen LogP contribution in [0.15, 0.2) is 16.3 Å². The monoisotopic (exact) mass is 419 g/mol. The number of carbonyl (C=O) groups excluding carboxylic acids is 2. The van der Waals surface area contributed by atoms with Gasteiger partial charge in [0.05, 0.1) is 24.3 Å². The molecule has 0 spiro atoms. The summed E-state index contributed by atoms with van der Waals surface area (Å²) in [6.07, 6.45) is 0. The van der Waals surface area contributed by atoms with Gasteiger partial charge in [0, 0.05) is 11.8 Å². The second-order valence-corrected chi connectivity index (χ2v) is 9.14. The predicted molar refractivity (Wildman–Crippen MR) is 97.7 cm³/mol. The van der Waals surface area contributed by atoms with Gasteiger partial charge in [-0.2, -0.15) is 4.72 Å². The van der Waals surface area contributed by atoms with Gasteiger partial charge in [0.15, 0.2) is 5.13 Å². The first-order valence-electron chi connectivity index (χ1n) is 7.24. The van der Waals surface area contributed by atoms with Crippen molar-refractivity contribution in [1.82, 2.24) is 9.71 Å². The highest BCUT2D eigenvalue weighted by molar-refractivity contribution is 7.91. The zero-order valence-electron chi connectivity index (χ0n) is 14.1. The Morgan fingerprint density at radius 2 is 2.04 bits per heavy atom. The minimum atomic E-state index is -4.02. The predicted octanol–water partition coefficient (Wildman–Crippen LogP) is 0.951. The maximum absolute atomic E-state index is 12.4. The number of nitrogens with one attached hydrogen (secondary N) is 2. The van der Waals surface area contributed by atoms with Crippen LogP contribution in [0.5, 0.6) is 0 Å². The van der Waals surface area contributed by atoms with E-state index in [2.05, 4.69) is 19.8 Å². The van der Waals surface area contributed by atoms with Crippen LogP contribution in [-0.4, -0.2) is 50.1 Å². The van der Waals surface area contributed by atoms with Crippen LogP contribution < -0.4 is 10.0 Å². The number of hydrogen-bond donors (Lipinski definition) is 3. The molecule has 26 heavy (non-hydrogen) atoms. The van der Waals surface area contributed by atoms with Gasteiger partial charge in [0.1, 0.15) is 10.3 Å². The fourth-order valence-corrected chi connectivity index (χ4v) is 5.64. The molecule has 2 rings (SSSR count). The van der Waals surface area contributed by atoms with Crippen LogP contribution in [0.4, 0.5) is 5.13 Å². The van der Waals surface area contributed by atoms with Crippen molar-refractivity contribution in [2.45, 2.75) is 24.1 Å². The first-order chi connectivity index (χ1) is 12.2. The minimum absolute atomic E-state index is 0.0243. The van der Waals surface area contributed by atoms with E-state index in [9.17, 15) is 18.0 Å². The van der Waals surface area contributed by atoms with Crippen LogP contribution in [0.3, 0.4) is 0 Å². The van der Waals surface area contributed by atoms with Gasteiger partial charge in [-0.15, -0.1) is 11.3 Å². The van der Waals surface area contributed by atoms with Crippen molar-refractivity contribution in [1.29, 1.82) is 0 Å². The molecule has 1 atom stereocenters. The number of ether oxygens (including phenoxy) is 1. The zero-order chi connectivity index (χ0) is 19.5. The standard InChI is InChI=1S/C14H17N3O6S3/c1-7-12(25-14(15-7)16-8(2)19)10-4-5-11(24-10)26(21,22)17-9(6-18)13(20)23-3/h4-5,9,17-18H,6H2,1-3H3,(H,15,16,19)/t9-/m0/s1. The lowest BCUT2D eigenvalue weighted by molar-refractivity contribution is -0.143. The quantitative estimate of drug-likeness (QED) is 0.569. The molecule has 2 aromatic heterocycles. The summed E-state index contributed by atoms with van der Waals surface area (Å²) in [6.45, 7) is 2.40. The van der Waals surface area contributed by atoms with Gasteiger partial charge in [-0.1, -0.05) is 11.3 Å². The number of methoxy groups -OCH3 is 1. The maximum Gasteiger partial charge on any atom is 0.326 e. The zero-order valence-corrected chi connectivity index (χ0v) is 16.5. The fraction of sp³-hybridized carbons (Fsp3) is 0.357. The van der Waals surface area contributed by atoms with E-state index in [1.807, 2.05) is 0 Å². The molecule has 0 aliphatic rings. The Balaban J connectivity index is 2.27. The van der Waals surface area contributed by atoms with E-state index in [0.29, 0.717) is 15.7 Å². The van der Waals surface area contributed by atoms with Crippen molar-refractivity contribution in [2.24, 2.45) is 0 Å². The lowest BCUT2D eigenvalue weighted by atomic mass is 10.3. The van der Waals surface area contributed by atoms with Crippen molar-refractivity contribution >= 4 is 49.7 Å². The Morgan fingerprint density at radius 1 is 1.35 bits per heavy atom. The van der Waals surface area contributed by atoms with E-state index in [4.69, 9.17) is 5.11 Å². The normalized spacial score (nSPS) is 12.6. The molecule has 9 nitrogen and oxygen atoms in total. The third-order valence-corrected chi connectivity index (χ3v) is 7.42. The van der Waals surface area contributed by atoms with Gasteiger partial charge in [-0.25, -0.2) is 13.4 Å². The summed E-state index contributed by atoms with van der Waals surface area (Å²) in [5.41, 5.74) is 0.653. The molecule has 0 radical (unpaired) electrons. The van der Waals surface area contributed by atoms with Crippen molar-refractivity contribution in [3.8, 4) is 9.75 Å². The van der Waals surface area contributed by atoms with E-state index in [0.717, 1.165) is 23.3 Å². The number of hydrogen-bond acceptors (Lipinski definition) is 9. The van der Waals surface area contributed by atoms with E-state index in [1.165, 1.54) is 24.3 Å². The highest BCUT2D eigenvalue weighted by Gasteiger charge is 2.27. The van der Waals surface area contributed by atoms with Gasteiger partial charge in [-0.05, 0) is 19.1 Å². The Kier molecular flexibility index (Phi) is 6.47. The number of aliphatic hydroxyl groups excluding tert-OH is 1. The summed E-state index contributed by atoms with van der Waals surface area (Å²) in [7, 11) is -2.92. The Hall–Kier alpha value is -1.86. The number of rotatable bonds is 7. The molecule has 1 amide bonds. The van der Waals surface area contributed by atoms with Gasteiger partial charge in [-0.3, -0.25) is 9.59 Å². The van der Waals surface area contributed by atoms with Crippen molar-refractivity contribution in [3.63, 3.8) is 0 Å². The number of nitrogens with zero attached hydrogens (tertiary/aromatic N) is 1. The number of aryl methyl sites for hydroxylation is 1. The smallest absolute Gasteiger partial charge is 0.326 e. The summed E-state index contributed by atoms with van der Waals surface area (Å²) in [5, 5.41) is 12.2. The molecule has 0 saturated heterocycles. The van der Waals surface area contributed by atoms with E-state index in [1.54, 1.807) is 13.0 Å². The molecule has 0 aliphatic carbocycles. The molecule has 2 aromatic rings. The van der Waals surface area contributed by atoms with Crippen LogP contribution in [0.25, 0.3) is 9.75 Å². The molecule has 0 bridgehead atoms. The minimum Gasteiger partial charge on any atom is -0.468 e. The lowest BCUT2D eigenvalue weighted by Crippen LogP contribution is -2.43. The number of amides is 1. The molecule has 2 heterocycles. The largest absolute Gasteiger partial charge is 0.468 e. The molecular formula is C14H17N3O6S3. The van der Waals surface area contributed by atoms with E-state index in [-0.39, 0.29) is 10.1 Å². The van der Waals surface area contributed by atoms with Crippen LogP contribution >= 0.6 is 22.7 Å². The van der Waals surface area contributed by atoms with E-state index >= 15 is 0 Å². The second-order valence-electron chi connectivity index (χ2n) is 5.11. The number of thiazole rings is 1. The molecule has 0 fully saturated rings. The number of aliphatic hydroxyl groups is 1. The number of aromatic nitrogens is 1. The van der Waals surface area contributed by atoms with E-state index < -0.39 is 28.6 Å².